The largest absolute Gasteiger partial charge is 0.495 e. The standard InChI is InChI=1S/C29H31Cl2N5O5/c1-16(27(38)34-24(15-37)17-5-6-22(30)25(12-17)40-2)36-14-19-4-3-18(11-21(19)28(36)39)26-23(31)13-32-29(35-26)33-20-7-9-41-10-8-20/h3-6,11-13,16,20,24,37H,7-10,14-15H2,1-2H3,(H,34,38)(H,32,33,35)/t16-,24-/m1/s1. The summed E-state index contributed by atoms with van der Waals surface area (Å²) in [6.45, 7) is 2.97. The molecule has 3 N–H and O–H groups in total. The van der Waals surface area contributed by atoms with Crippen LogP contribution in [0.4, 0.5) is 5.95 Å². The number of aliphatic hydroxyl groups excluding tert-OH is 1. The molecule has 10 nitrogen and oxygen atoms in total. The number of amides is 2. The number of nitrogens with one attached hydrogen (secondary N) is 2. The van der Waals surface area contributed by atoms with E-state index in [4.69, 9.17) is 32.7 Å². The van der Waals surface area contributed by atoms with E-state index in [1.54, 1.807) is 37.4 Å². The Hall–Kier alpha value is -3.44. The summed E-state index contributed by atoms with van der Waals surface area (Å²) in [6.07, 6.45) is 3.28. The van der Waals surface area contributed by atoms with Crippen molar-refractivity contribution >= 4 is 41.0 Å². The Morgan fingerprint density at radius 2 is 1.98 bits per heavy atom. The van der Waals surface area contributed by atoms with Gasteiger partial charge in [0.15, 0.2) is 0 Å². The molecule has 0 aliphatic carbocycles. The highest BCUT2D eigenvalue weighted by atomic mass is 35.5. The van der Waals surface area contributed by atoms with E-state index in [-0.39, 0.29) is 25.1 Å². The van der Waals surface area contributed by atoms with E-state index in [1.165, 1.54) is 12.0 Å². The molecule has 1 aromatic heterocycles. The van der Waals surface area contributed by atoms with Crippen molar-refractivity contribution in [3.63, 3.8) is 0 Å². The number of aliphatic hydroxyl groups is 1. The lowest BCUT2D eigenvalue weighted by Gasteiger charge is -2.26. The van der Waals surface area contributed by atoms with Crippen molar-refractivity contribution in [3.8, 4) is 17.0 Å². The summed E-state index contributed by atoms with van der Waals surface area (Å²) in [6, 6.07) is 9.20. The molecule has 5 rings (SSSR count). The lowest BCUT2D eigenvalue weighted by Crippen LogP contribution is -2.46. The molecule has 12 heteroatoms. The van der Waals surface area contributed by atoms with Crippen molar-refractivity contribution < 1.29 is 24.2 Å². The van der Waals surface area contributed by atoms with Gasteiger partial charge in [-0.2, -0.15) is 0 Å². The maximum Gasteiger partial charge on any atom is 0.255 e. The van der Waals surface area contributed by atoms with Gasteiger partial charge in [-0.1, -0.05) is 41.4 Å². The predicted octanol–water partition coefficient (Wildman–Crippen LogP) is 4.24. The molecule has 2 aliphatic heterocycles. The van der Waals surface area contributed by atoms with Gasteiger partial charge in [0.1, 0.15) is 11.8 Å². The molecule has 3 aromatic rings. The van der Waals surface area contributed by atoms with Gasteiger partial charge in [0.05, 0.1) is 41.7 Å². The Balaban J connectivity index is 1.30. The van der Waals surface area contributed by atoms with Crippen molar-refractivity contribution in [2.75, 3.05) is 32.2 Å². The number of halogens is 2. The van der Waals surface area contributed by atoms with Gasteiger partial charge in [-0.15, -0.1) is 0 Å². The molecule has 41 heavy (non-hydrogen) atoms. The third-order valence-corrected chi connectivity index (χ3v) is 8.03. The number of carbonyl (C=O) groups excluding carboxylic acids is 2. The zero-order chi connectivity index (χ0) is 29.1. The number of rotatable bonds is 9. The number of benzene rings is 2. The van der Waals surface area contributed by atoms with Crippen LogP contribution in [0, 0.1) is 0 Å². The number of nitrogens with zero attached hydrogens (tertiary/aromatic N) is 3. The van der Waals surface area contributed by atoms with Crippen molar-refractivity contribution in [2.24, 2.45) is 0 Å². The van der Waals surface area contributed by atoms with Gasteiger partial charge in [0, 0.05) is 36.9 Å². The number of anilines is 1. The predicted molar refractivity (Wildman–Crippen MR) is 155 cm³/mol. The van der Waals surface area contributed by atoms with Crippen LogP contribution >= 0.6 is 23.2 Å². The minimum atomic E-state index is -0.792. The first-order valence-corrected chi connectivity index (χ1v) is 14.1. The van der Waals surface area contributed by atoms with E-state index >= 15 is 0 Å². The molecule has 3 heterocycles. The topological polar surface area (TPSA) is 126 Å². The maximum absolute atomic E-state index is 13.5. The van der Waals surface area contributed by atoms with E-state index in [2.05, 4.69) is 20.6 Å². The van der Waals surface area contributed by atoms with Crippen LogP contribution in [0.3, 0.4) is 0 Å². The summed E-state index contributed by atoms with van der Waals surface area (Å²) in [5.74, 6) is 0.221. The number of fused-ring (bicyclic) bond motifs is 1. The summed E-state index contributed by atoms with van der Waals surface area (Å²) in [5.41, 5.74) is 3.10. The van der Waals surface area contributed by atoms with E-state index in [9.17, 15) is 14.7 Å². The molecule has 2 aromatic carbocycles. The van der Waals surface area contributed by atoms with Crippen LogP contribution in [0.1, 0.15) is 47.3 Å². The molecule has 1 saturated heterocycles. The van der Waals surface area contributed by atoms with Crippen LogP contribution in [0.2, 0.25) is 10.0 Å². The number of methoxy groups -OCH3 is 1. The van der Waals surface area contributed by atoms with Gasteiger partial charge >= 0.3 is 0 Å². The van der Waals surface area contributed by atoms with Gasteiger partial charge < -0.3 is 30.1 Å². The Bertz CT molecular complexity index is 1450. The number of carbonyl (C=O) groups is 2. The Morgan fingerprint density at radius 3 is 2.71 bits per heavy atom. The van der Waals surface area contributed by atoms with Crippen molar-refractivity contribution in [1.29, 1.82) is 0 Å². The Kier molecular flexibility index (Phi) is 8.94. The van der Waals surface area contributed by atoms with Gasteiger partial charge in [0.25, 0.3) is 5.91 Å². The molecule has 0 bridgehead atoms. The first kappa shape index (κ1) is 29.1. The number of ether oxygens (including phenoxy) is 2. The SMILES string of the molecule is COc1cc([C@@H](CO)NC(=O)[C@@H](C)N2Cc3ccc(-c4nc(NC5CCOCC5)ncc4Cl)cc3C2=O)ccc1Cl. The normalized spacial score (nSPS) is 16.7. The second-order valence-electron chi connectivity index (χ2n) is 10.0. The molecule has 0 radical (unpaired) electrons. The van der Waals surface area contributed by atoms with Gasteiger partial charge in [-0.25, -0.2) is 9.97 Å². The average Bonchev–Trinajstić information content (AvgIpc) is 3.32. The first-order chi connectivity index (χ1) is 19.8. The van der Waals surface area contributed by atoms with Gasteiger partial charge in [-0.3, -0.25) is 9.59 Å². The van der Waals surface area contributed by atoms with Crippen molar-refractivity contribution in [3.05, 3.63) is 69.3 Å². The fourth-order valence-corrected chi connectivity index (χ4v) is 5.40. The third-order valence-electron chi connectivity index (χ3n) is 7.44. The Morgan fingerprint density at radius 1 is 1.20 bits per heavy atom. The molecular formula is C29H31Cl2N5O5. The average molecular weight is 601 g/mol. The second-order valence-corrected chi connectivity index (χ2v) is 10.9. The van der Waals surface area contributed by atoms with Crippen LogP contribution in [0.25, 0.3) is 11.3 Å². The number of hydrogen-bond donors (Lipinski definition) is 3. The smallest absolute Gasteiger partial charge is 0.255 e. The van der Waals surface area contributed by atoms with Crippen LogP contribution in [-0.4, -0.2) is 70.8 Å². The summed E-state index contributed by atoms with van der Waals surface area (Å²) in [7, 11) is 1.49. The highest BCUT2D eigenvalue weighted by molar-refractivity contribution is 6.33. The second kappa shape index (κ2) is 12.6. The molecule has 2 aliphatic rings. The fourth-order valence-electron chi connectivity index (χ4n) is 5.01. The summed E-state index contributed by atoms with van der Waals surface area (Å²) >= 11 is 12.6. The maximum atomic E-state index is 13.5. The lowest BCUT2D eigenvalue weighted by molar-refractivity contribution is -0.126. The number of aromatic nitrogens is 2. The zero-order valence-electron chi connectivity index (χ0n) is 22.7. The van der Waals surface area contributed by atoms with Crippen LogP contribution in [-0.2, 0) is 16.1 Å². The third kappa shape index (κ3) is 6.25. The molecule has 0 unspecified atom stereocenters. The van der Waals surface area contributed by atoms with Crippen LogP contribution < -0.4 is 15.4 Å². The van der Waals surface area contributed by atoms with E-state index in [0.717, 1.165) is 18.4 Å². The van der Waals surface area contributed by atoms with Gasteiger partial charge in [-0.05, 0) is 49.1 Å². The highest BCUT2D eigenvalue weighted by Gasteiger charge is 2.35. The molecule has 216 valence electrons. The van der Waals surface area contributed by atoms with Gasteiger partial charge in [0.2, 0.25) is 11.9 Å². The van der Waals surface area contributed by atoms with Crippen molar-refractivity contribution in [1.82, 2.24) is 20.2 Å². The summed E-state index contributed by atoms with van der Waals surface area (Å²) in [4.78, 5) is 37.1. The molecule has 0 saturated carbocycles. The monoisotopic (exact) mass is 599 g/mol. The molecule has 2 amide bonds. The fraction of sp³-hybridized carbons (Fsp3) is 0.379. The van der Waals surface area contributed by atoms with E-state index in [1.807, 2.05) is 12.1 Å². The summed E-state index contributed by atoms with van der Waals surface area (Å²) < 4.78 is 10.7. The quantitative estimate of drug-likeness (QED) is 0.333. The minimum Gasteiger partial charge on any atom is -0.495 e. The van der Waals surface area contributed by atoms with Crippen LogP contribution in [0.5, 0.6) is 5.75 Å². The van der Waals surface area contributed by atoms with E-state index < -0.39 is 18.0 Å². The Labute approximate surface area is 248 Å². The molecule has 1 fully saturated rings. The summed E-state index contributed by atoms with van der Waals surface area (Å²) in [5, 5.41) is 16.9. The molecule has 2 atom stereocenters. The molecule has 0 spiro atoms. The molecular weight excluding hydrogens is 569 g/mol. The zero-order valence-corrected chi connectivity index (χ0v) is 24.2. The highest BCUT2D eigenvalue weighted by Crippen LogP contribution is 2.33. The van der Waals surface area contributed by atoms with Crippen LogP contribution in [0.15, 0.2) is 42.6 Å². The lowest BCUT2D eigenvalue weighted by atomic mass is 10.0. The minimum absolute atomic E-state index is 0.215. The first-order valence-electron chi connectivity index (χ1n) is 13.3. The number of hydrogen-bond acceptors (Lipinski definition) is 8. The van der Waals surface area contributed by atoms with E-state index in [0.29, 0.717) is 57.3 Å². The van der Waals surface area contributed by atoms with Crippen molar-refractivity contribution in [2.45, 2.75) is 44.4 Å².